The lowest BCUT2D eigenvalue weighted by molar-refractivity contribution is -0.127. The Hall–Kier alpha value is -4.14. The normalized spacial score (nSPS) is 11.9. The molecule has 3 rings (SSSR count). The summed E-state index contributed by atoms with van der Waals surface area (Å²) in [4.78, 5) is 44.9. The largest absolute Gasteiger partial charge is 0.494 e. The van der Waals surface area contributed by atoms with Crippen molar-refractivity contribution < 1.29 is 23.5 Å². The number of pyridine rings is 1. The quantitative estimate of drug-likeness (QED) is 0.487. The minimum Gasteiger partial charge on any atom is -0.494 e. The summed E-state index contributed by atoms with van der Waals surface area (Å²) in [5.41, 5.74) is 0.501. The van der Waals surface area contributed by atoms with Gasteiger partial charge in [0.1, 0.15) is 11.8 Å². The van der Waals surface area contributed by atoms with Gasteiger partial charge in [-0.15, -0.1) is 0 Å². The Morgan fingerprint density at radius 2 is 1.74 bits per heavy atom. The molecule has 0 aliphatic carbocycles. The molecule has 0 aliphatic heterocycles. The second-order valence-corrected chi connectivity index (χ2v) is 8.77. The molecule has 2 aromatic heterocycles. The lowest BCUT2D eigenvalue weighted by Crippen LogP contribution is -2.51. The molecule has 3 amide bonds. The fourth-order valence-corrected chi connectivity index (χ4v) is 3.44. The SMILES string of the molecule is CCOc1ccc(N(C(=O)CNC(=O)c2ccco2)[C@@H](C(=O)NC(C)(C)C)c2ccncc2)cc1. The van der Waals surface area contributed by atoms with E-state index in [1.54, 1.807) is 54.9 Å². The van der Waals surface area contributed by atoms with E-state index >= 15 is 0 Å². The van der Waals surface area contributed by atoms with Crippen LogP contribution in [0.25, 0.3) is 0 Å². The van der Waals surface area contributed by atoms with Crippen LogP contribution in [0.4, 0.5) is 5.69 Å². The van der Waals surface area contributed by atoms with Gasteiger partial charge in [-0.3, -0.25) is 24.3 Å². The summed E-state index contributed by atoms with van der Waals surface area (Å²) in [6, 6.07) is 12.3. The Kier molecular flexibility index (Phi) is 8.25. The molecule has 9 nitrogen and oxygen atoms in total. The standard InChI is InChI=1S/C26H30N4O5/c1-5-34-20-10-8-19(9-11-20)30(22(31)17-28-24(32)21-7-6-16-35-21)23(18-12-14-27-15-13-18)25(33)29-26(2,3)4/h6-16,23H,5,17H2,1-4H3,(H,28,32)(H,29,33)/t23-/m1/s1. The van der Waals surface area contributed by atoms with Crippen molar-refractivity contribution in [2.45, 2.75) is 39.3 Å². The van der Waals surface area contributed by atoms with Gasteiger partial charge in [-0.25, -0.2) is 0 Å². The number of ether oxygens (including phenoxy) is 1. The van der Waals surface area contributed by atoms with Crippen molar-refractivity contribution >= 4 is 23.4 Å². The Morgan fingerprint density at radius 3 is 2.31 bits per heavy atom. The average molecular weight is 479 g/mol. The highest BCUT2D eigenvalue weighted by atomic mass is 16.5. The van der Waals surface area contributed by atoms with E-state index in [9.17, 15) is 14.4 Å². The highest BCUT2D eigenvalue weighted by Crippen LogP contribution is 2.30. The molecule has 0 bridgehead atoms. The maximum absolute atomic E-state index is 13.6. The minimum atomic E-state index is -1.01. The first-order valence-electron chi connectivity index (χ1n) is 11.3. The van der Waals surface area contributed by atoms with Crippen molar-refractivity contribution in [1.82, 2.24) is 15.6 Å². The number of carbonyl (C=O) groups is 3. The van der Waals surface area contributed by atoms with E-state index in [0.717, 1.165) is 0 Å². The molecule has 0 saturated heterocycles. The number of anilines is 1. The van der Waals surface area contributed by atoms with E-state index in [0.29, 0.717) is 23.6 Å². The molecule has 35 heavy (non-hydrogen) atoms. The lowest BCUT2D eigenvalue weighted by atomic mass is 10.0. The van der Waals surface area contributed by atoms with E-state index in [1.165, 1.54) is 17.2 Å². The van der Waals surface area contributed by atoms with Crippen LogP contribution in [-0.2, 0) is 9.59 Å². The summed E-state index contributed by atoms with van der Waals surface area (Å²) in [6.45, 7) is 7.61. The predicted molar refractivity (Wildman–Crippen MR) is 131 cm³/mol. The molecule has 1 atom stereocenters. The van der Waals surface area contributed by atoms with Gasteiger partial charge in [0.2, 0.25) is 11.8 Å². The van der Waals surface area contributed by atoms with Gasteiger partial charge in [0.15, 0.2) is 5.76 Å². The maximum Gasteiger partial charge on any atom is 0.287 e. The molecule has 0 fully saturated rings. The first-order chi connectivity index (χ1) is 16.7. The Bertz CT molecular complexity index is 1120. The summed E-state index contributed by atoms with van der Waals surface area (Å²) in [5, 5.41) is 5.53. The third-order valence-electron chi connectivity index (χ3n) is 4.87. The molecule has 2 N–H and O–H groups in total. The van der Waals surface area contributed by atoms with Crippen LogP contribution in [0.3, 0.4) is 0 Å². The lowest BCUT2D eigenvalue weighted by Gasteiger charge is -2.34. The van der Waals surface area contributed by atoms with Gasteiger partial charge in [0.25, 0.3) is 5.91 Å². The second kappa shape index (κ2) is 11.3. The molecule has 0 aliphatic rings. The summed E-state index contributed by atoms with van der Waals surface area (Å²) in [5.74, 6) is -0.672. The maximum atomic E-state index is 13.6. The number of hydrogen-bond donors (Lipinski definition) is 2. The van der Waals surface area contributed by atoms with Crippen molar-refractivity contribution in [1.29, 1.82) is 0 Å². The highest BCUT2D eigenvalue weighted by molar-refractivity contribution is 6.04. The fourth-order valence-electron chi connectivity index (χ4n) is 3.44. The van der Waals surface area contributed by atoms with E-state index < -0.39 is 23.4 Å². The minimum absolute atomic E-state index is 0.0848. The van der Waals surface area contributed by atoms with Crippen LogP contribution in [0.1, 0.15) is 49.9 Å². The van der Waals surface area contributed by atoms with Crippen LogP contribution >= 0.6 is 0 Å². The molecule has 0 unspecified atom stereocenters. The van der Waals surface area contributed by atoms with Gasteiger partial charge in [0.05, 0.1) is 19.4 Å². The van der Waals surface area contributed by atoms with Crippen LogP contribution < -0.4 is 20.3 Å². The van der Waals surface area contributed by atoms with E-state index in [-0.39, 0.29) is 18.2 Å². The zero-order valence-corrected chi connectivity index (χ0v) is 20.3. The van der Waals surface area contributed by atoms with Crippen LogP contribution in [0, 0.1) is 0 Å². The smallest absolute Gasteiger partial charge is 0.287 e. The predicted octanol–water partition coefficient (Wildman–Crippen LogP) is 3.49. The topological polar surface area (TPSA) is 114 Å². The monoisotopic (exact) mass is 478 g/mol. The van der Waals surface area contributed by atoms with E-state index in [4.69, 9.17) is 9.15 Å². The average Bonchev–Trinajstić information content (AvgIpc) is 3.36. The summed E-state index contributed by atoms with van der Waals surface area (Å²) in [6.07, 6.45) is 4.50. The van der Waals surface area contributed by atoms with Crippen LogP contribution in [0.15, 0.2) is 71.6 Å². The molecule has 1 aromatic carbocycles. The van der Waals surface area contributed by atoms with Gasteiger partial charge in [-0.1, -0.05) is 0 Å². The van der Waals surface area contributed by atoms with Crippen molar-refractivity contribution in [3.8, 4) is 5.75 Å². The zero-order chi connectivity index (χ0) is 25.4. The molecule has 9 heteroatoms. The zero-order valence-electron chi connectivity index (χ0n) is 20.3. The number of nitrogens with zero attached hydrogens (tertiary/aromatic N) is 2. The highest BCUT2D eigenvalue weighted by Gasteiger charge is 2.34. The second-order valence-electron chi connectivity index (χ2n) is 8.77. The van der Waals surface area contributed by atoms with Gasteiger partial charge in [0, 0.05) is 23.6 Å². The first kappa shape index (κ1) is 25.5. The molecule has 184 valence electrons. The Balaban J connectivity index is 1.99. The molecule has 2 heterocycles. The number of furan rings is 1. The van der Waals surface area contributed by atoms with Crippen molar-refractivity contribution in [3.05, 3.63) is 78.5 Å². The van der Waals surface area contributed by atoms with Crippen LogP contribution in [0.2, 0.25) is 0 Å². The van der Waals surface area contributed by atoms with Crippen LogP contribution in [0.5, 0.6) is 5.75 Å². The van der Waals surface area contributed by atoms with Gasteiger partial charge in [-0.05, 0) is 81.8 Å². The molecule has 0 saturated carbocycles. The van der Waals surface area contributed by atoms with Crippen molar-refractivity contribution in [3.63, 3.8) is 0 Å². The number of nitrogens with one attached hydrogen (secondary N) is 2. The number of hydrogen-bond acceptors (Lipinski definition) is 6. The number of amides is 3. The van der Waals surface area contributed by atoms with Crippen LogP contribution in [-0.4, -0.2) is 41.4 Å². The number of benzene rings is 1. The molecule has 0 radical (unpaired) electrons. The summed E-state index contributed by atoms with van der Waals surface area (Å²) in [7, 11) is 0. The van der Waals surface area contributed by atoms with Crippen molar-refractivity contribution in [2.24, 2.45) is 0 Å². The van der Waals surface area contributed by atoms with Gasteiger partial charge in [-0.2, -0.15) is 0 Å². The fraction of sp³-hybridized carbons (Fsp3) is 0.308. The first-order valence-corrected chi connectivity index (χ1v) is 11.3. The Labute approximate surface area is 204 Å². The van der Waals surface area contributed by atoms with E-state index in [1.807, 2.05) is 27.7 Å². The summed E-state index contributed by atoms with van der Waals surface area (Å²) >= 11 is 0. The molecular formula is C26H30N4O5. The number of rotatable bonds is 9. The van der Waals surface area contributed by atoms with Gasteiger partial charge >= 0.3 is 0 Å². The third kappa shape index (κ3) is 6.92. The number of aromatic nitrogens is 1. The van der Waals surface area contributed by atoms with E-state index in [2.05, 4.69) is 15.6 Å². The number of carbonyl (C=O) groups excluding carboxylic acids is 3. The Morgan fingerprint density at radius 1 is 1.06 bits per heavy atom. The summed E-state index contributed by atoms with van der Waals surface area (Å²) < 4.78 is 10.6. The van der Waals surface area contributed by atoms with Gasteiger partial charge < -0.3 is 19.8 Å². The third-order valence-corrected chi connectivity index (χ3v) is 4.87. The molecule has 0 spiro atoms. The molecular weight excluding hydrogens is 448 g/mol. The van der Waals surface area contributed by atoms with Crippen molar-refractivity contribution in [2.75, 3.05) is 18.1 Å². The molecule has 3 aromatic rings.